The van der Waals surface area contributed by atoms with Crippen LogP contribution in [0.4, 0.5) is 0 Å². The Morgan fingerprint density at radius 1 is 1.19 bits per heavy atom. The van der Waals surface area contributed by atoms with Crippen LogP contribution in [0.1, 0.15) is 33.7 Å². The van der Waals surface area contributed by atoms with E-state index in [1.165, 1.54) is 0 Å². The van der Waals surface area contributed by atoms with E-state index in [9.17, 15) is 9.90 Å². The van der Waals surface area contributed by atoms with E-state index in [-0.39, 0.29) is 12.5 Å². The number of fused-ring (bicyclic) bond motifs is 1. The van der Waals surface area contributed by atoms with Crippen LogP contribution in [0.2, 0.25) is 0 Å². The molecule has 26 heavy (non-hydrogen) atoms. The maximum absolute atomic E-state index is 13.0. The average Bonchev–Trinajstić information content (AvgIpc) is 3.26. The van der Waals surface area contributed by atoms with Crippen molar-refractivity contribution in [2.75, 3.05) is 6.54 Å². The summed E-state index contributed by atoms with van der Waals surface area (Å²) in [5.41, 5.74) is 3.34. The summed E-state index contributed by atoms with van der Waals surface area (Å²) in [5.74, 6) is 0.0208. The number of amides is 1. The van der Waals surface area contributed by atoms with Gasteiger partial charge in [0, 0.05) is 31.0 Å². The molecule has 0 radical (unpaired) electrons. The van der Waals surface area contributed by atoms with Crippen molar-refractivity contribution in [2.45, 2.75) is 32.7 Å². The first-order valence-electron chi connectivity index (χ1n) is 8.75. The van der Waals surface area contributed by atoms with Crippen LogP contribution >= 0.6 is 0 Å². The van der Waals surface area contributed by atoms with E-state index < -0.39 is 0 Å². The van der Waals surface area contributed by atoms with Crippen molar-refractivity contribution in [3.05, 3.63) is 71.3 Å². The highest BCUT2D eigenvalue weighted by Gasteiger charge is 2.21. The standard InChI is InChI=1S/C19H21N5O2/c25-14-17-11-18-13-22(7-3-9-24(18)21-17)19(26)16-5-1-4-15(10-16)12-23-8-2-6-20-23/h1-2,4-6,8,10-11,25H,3,7,9,12-14H2. The molecular weight excluding hydrogens is 330 g/mol. The van der Waals surface area contributed by atoms with E-state index >= 15 is 0 Å². The number of aromatic nitrogens is 4. The zero-order valence-electron chi connectivity index (χ0n) is 14.5. The molecule has 0 saturated heterocycles. The van der Waals surface area contributed by atoms with E-state index in [0.717, 1.165) is 24.2 Å². The Morgan fingerprint density at radius 3 is 2.92 bits per heavy atom. The van der Waals surface area contributed by atoms with Gasteiger partial charge in [0.05, 0.1) is 31.1 Å². The van der Waals surface area contributed by atoms with Gasteiger partial charge < -0.3 is 10.0 Å². The van der Waals surface area contributed by atoms with Gasteiger partial charge in [-0.1, -0.05) is 12.1 Å². The van der Waals surface area contributed by atoms with Crippen molar-refractivity contribution < 1.29 is 9.90 Å². The van der Waals surface area contributed by atoms with Gasteiger partial charge in [0.25, 0.3) is 5.91 Å². The number of carbonyl (C=O) groups excluding carboxylic acids is 1. The second-order valence-electron chi connectivity index (χ2n) is 6.49. The summed E-state index contributed by atoms with van der Waals surface area (Å²) in [6.07, 6.45) is 4.50. The summed E-state index contributed by atoms with van der Waals surface area (Å²) >= 11 is 0. The number of benzene rings is 1. The van der Waals surface area contributed by atoms with Crippen molar-refractivity contribution in [3.8, 4) is 0 Å². The monoisotopic (exact) mass is 351 g/mol. The first-order chi connectivity index (χ1) is 12.7. The predicted molar refractivity (Wildman–Crippen MR) is 95.3 cm³/mol. The highest BCUT2D eigenvalue weighted by molar-refractivity contribution is 5.94. The topological polar surface area (TPSA) is 76.2 Å². The molecule has 1 aliphatic rings. The minimum Gasteiger partial charge on any atom is -0.390 e. The SMILES string of the molecule is O=C(c1cccc(Cn2cccn2)c1)N1CCCn2nc(CO)cc2C1. The maximum atomic E-state index is 13.0. The lowest BCUT2D eigenvalue weighted by Gasteiger charge is -2.20. The molecule has 1 amide bonds. The number of aliphatic hydroxyl groups excluding tert-OH is 1. The molecule has 0 saturated carbocycles. The third kappa shape index (κ3) is 3.39. The quantitative estimate of drug-likeness (QED) is 0.776. The second kappa shape index (κ2) is 7.13. The van der Waals surface area contributed by atoms with Gasteiger partial charge in [-0.3, -0.25) is 14.2 Å². The van der Waals surface area contributed by atoms with Crippen molar-refractivity contribution in [2.24, 2.45) is 0 Å². The fourth-order valence-electron chi connectivity index (χ4n) is 3.34. The van der Waals surface area contributed by atoms with Crippen LogP contribution < -0.4 is 0 Å². The van der Waals surface area contributed by atoms with Crippen LogP contribution in [0, 0.1) is 0 Å². The Hall–Kier alpha value is -2.93. The van der Waals surface area contributed by atoms with E-state index in [0.29, 0.717) is 30.9 Å². The molecular formula is C19H21N5O2. The fraction of sp³-hybridized carbons (Fsp3) is 0.316. The Morgan fingerprint density at radius 2 is 2.12 bits per heavy atom. The normalized spacial score (nSPS) is 14.1. The van der Waals surface area contributed by atoms with E-state index in [2.05, 4.69) is 10.2 Å². The van der Waals surface area contributed by atoms with Gasteiger partial charge >= 0.3 is 0 Å². The lowest BCUT2D eigenvalue weighted by molar-refractivity contribution is 0.0745. The number of hydrogen-bond acceptors (Lipinski definition) is 4. The molecule has 3 aromatic rings. The molecule has 2 aromatic heterocycles. The lowest BCUT2D eigenvalue weighted by Crippen LogP contribution is -2.30. The first kappa shape index (κ1) is 16.5. The molecule has 0 atom stereocenters. The second-order valence-corrected chi connectivity index (χ2v) is 6.49. The molecule has 0 fully saturated rings. The zero-order valence-corrected chi connectivity index (χ0v) is 14.5. The van der Waals surface area contributed by atoms with Crippen molar-refractivity contribution >= 4 is 5.91 Å². The highest BCUT2D eigenvalue weighted by atomic mass is 16.3. The van der Waals surface area contributed by atoms with Crippen LogP contribution in [0.15, 0.2) is 48.8 Å². The van der Waals surface area contributed by atoms with Gasteiger partial charge in [-0.05, 0) is 36.2 Å². The summed E-state index contributed by atoms with van der Waals surface area (Å²) < 4.78 is 3.73. The largest absolute Gasteiger partial charge is 0.390 e. The minimum absolute atomic E-state index is 0.0208. The molecule has 0 unspecified atom stereocenters. The molecule has 0 bridgehead atoms. The predicted octanol–water partition coefficient (Wildman–Crippen LogP) is 1.67. The van der Waals surface area contributed by atoms with E-state index in [1.54, 1.807) is 6.20 Å². The molecule has 1 N–H and O–H groups in total. The molecule has 7 heteroatoms. The molecule has 1 aromatic carbocycles. The molecule has 4 rings (SSSR count). The zero-order chi connectivity index (χ0) is 17.9. The molecule has 134 valence electrons. The molecule has 0 spiro atoms. The Bertz CT molecular complexity index is 901. The first-order valence-corrected chi connectivity index (χ1v) is 8.75. The number of carbonyl (C=O) groups is 1. The summed E-state index contributed by atoms with van der Waals surface area (Å²) in [7, 11) is 0. The van der Waals surface area contributed by atoms with E-state index in [1.807, 2.05) is 56.9 Å². The minimum atomic E-state index is -0.0799. The summed E-state index contributed by atoms with van der Waals surface area (Å²) in [5, 5.41) is 17.9. The van der Waals surface area contributed by atoms with Crippen LogP contribution in [0.5, 0.6) is 0 Å². The third-order valence-electron chi connectivity index (χ3n) is 4.59. The van der Waals surface area contributed by atoms with Gasteiger partial charge in [0.1, 0.15) is 0 Å². The van der Waals surface area contributed by atoms with Crippen molar-refractivity contribution in [1.82, 2.24) is 24.5 Å². The molecule has 3 heterocycles. The van der Waals surface area contributed by atoms with Crippen LogP contribution in [-0.2, 0) is 26.2 Å². The van der Waals surface area contributed by atoms with Gasteiger partial charge in [-0.2, -0.15) is 10.2 Å². The number of aryl methyl sites for hydroxylation is 1. The summed E-state index contributed by atoms with van der Waals surface area (Å²) in [6.45, 7) is 2.53. The summed E-state index contributed by atoms with van der Waals surface area (Å²) in [4.78, 5) is 14.9. The van der Waals surface area contributed by atoms with Gasteiger partial charge in [0.15, 0.2) is 0 Å². The van der Waals surface area contributed by atoms with E-state index in [4.69, 9.17) is 0 Å². The maximum Gasteiger partial charge on any atom is 0.254 e. The van der Waals surface area contributed by atoms with Crippen molar-refractivity contribution in [1.29, 1.82) is 0 Å². The molecule has 7 nitrogen and oxygen atoms in total. The number of nitrogens with zero attached hydrogens (tertiary/aromatic N) is 5. The van der Waals surface area contributed by atoms with Crippen LogP contribution in [-0.4, -0.2) is 42.0 Å². The van der Waals surface area contributed by atoms with Gasteiger partial charge in [-0.15, -0.1) is 0 Å². The van der Waals surface area contributed by atoms with Gasteiger partial charge in [-0.25, -0.2) is 0 Å². The van der Waals surface area contributed by atoms with Crippen LogP contribution in [0.25, 0.3) is 0 Å². The number of rotatable bonds is 4. The Kier molecular flexibility index (Phi) is 4.53. The molecule has 0 aliphatic carbocycles. The number of hydrogen-bond donors (Lipinski definition) is 1. The summed E-state index contributed by atoms with van der Waals surface area (Å²) in [6, 6.07) is 11.5. The Balaban J connectivity index is 1.53. The highest BCUT2D eigenvalue weighted by Crippen LogP contribution is 2.17. The van der Waals surface area contributed by atoms with Crippen molar-refractivity contribution in [3.63, 3.8) is 0 Å². The number of aliphatic hydroxyl groups is 1. The lowest BCUT2D eigenvalue weighted by atomic mass is 10.1. The Labute approximate surface area is 151 Å². The average molecular weight is 351 g/mol. The smallest absolute Gasteiger partial charge is 0.254 e. The van der Waals surface area contributed by atoms with Gasteiger partial charge in [0.2, 0.25) is 0 Å². The fourth-order valence-corrected chi connectivity index (χ4v) is 3.34. The molecule has 1 aliphatic heterocycles. The van der Waals surface area contributed by atoms with Crippen LogP contribution in [0.3, 0.4) is 0 Å². The third-order valence-corrected chi connectivity index (χ3v) is 4.59.